The molecule has 0 saturated carbocycles. The van der Waals surface area contributed by atoms with E-state index >= 15 is 0 Å². The second kappa shape index (κ2) is 7.54. The molecular weight excluding hydrogens is 338 g/mol. The van der Waals surface area contributed by atoms with Gasteiger partial charge in [0.15, 0.2) is 5.11 Å². The van der Waals surface area contributed by atoms with Crippen molar-refractivity contribution < 1.29 is 4.92 Å². The molecule has 0 aliphatic carbocycles. The summed E-state index contributed by atoms with van der Waals surface area (Å²) in [6.45, 7) is 0.568. The van der Waals surface area contributed by atoms with Crippen LogP contribution in [0.4, 0.5) is 11.4 Å². The van der Waals surface area contributed by atoms with Crippen LogP contribution in [0.1, 0.15) is 5.56 Å². The molecule has 0 atom stereocenters. The predicted octanol–water partition coefficient (Wildman–Crippen LogP) is 3.27. The molecule has 126 valence electrons. The summed E-state index contributed by atoms with van der Waals surface area (Å²) in [6.07, 6.45) is 3.62. The minimum absolute atomic E-state index is 0.0432. The molecule has 0 fully saturated rings. The number of aromatic nitrogens is 2. The van der Waals surface area contributed by atoms with E-state index in [1.165, 1.54) is 12.1 Å². The molecule has 0 spiro atoms. The lowest BCUT2D eigenvalue weighted by molar-refractivity contribution is -0.384. The van der Waals surface area contributed by atoms with Gasteiger partial charge in [-0.25, -0.2) is 4.68 Å². The number of hydrogen-bond acceptors (Lipinski definition) is 4. The minimum atomic E-state index is -0.437. The Hall–Kier alpha value is -3.26. The molecule has 1 heterocycles. The predicted molar refractivity (Wildman–Crippen MR) is 99.7 cm³/mol. The number of benzene rings is 2. The van der Waals surface area contributed by atoms with E-state index in [4.69, 9.17) is 12.2 Å². The van der Waals surface area contributed by atoms with Crippen LogP contribution < -0.4 is 10.6 Å². The van der Waals surface area contributed by atoms with E-state index < -0.39 is 4.92 Å². The Kier molecular flexibility index (Phi) is 5.00. The van der Waals surface area contributed by atoms with Gasteiger partial charge in [-0.05, 0) is 48.1 Å². The van der Waals surface area contributed by atoms with Crippen LogP contribution in [0.5, 0.6) is 0 Å². The summed E-state index contributed by atoms with van der Waals surface area (Å²) < 4.78 is 1.79. The first-order chi connectivity index (χ1) is 12.1. The Bertz CT molecular complexity index is 861. The highest BCUT2D eigenvalue weighted by atomic mass is 32.1. The van der Waals surface area contributed by atoms with E-state index in [1.807, 2.05) is 36.5 Å². The quantitative estimate of drug-likeness (QED) is 0.416. The first-order valence-corrected chi connectivity index (χ1v) is 7.91. The fourth-order valence-corrected chi connectivity index (χ4v) is 2.40. The molecular formula is C17H15N5O2S. The summed E-state index contributed by atoms with van der Waals surface area (Å²) >= 11 is 5.24. The van der Waals surface area contributed by atoms with Crippen molar-refractivity contribution in [1.29, 1.82) is 0 Å². The first-order valence-electron chi connectivity index (χ1n) is 7.50. The Morgan fingerprint density at radius 1 is 1.16 bits per heavy atom. The third-order valence-electron chi connectivity index (χ3n) is 3.49. The second-order valence-electron chi connectivity index (χ2n) is 5.23. The van der Waals surface area contributed by atoms with Gasteiger partial charge in [0.05, 0.1) is 10.6 Å². The summed E-state index contributed by atoms with van der Waals surface area (Å²) in [5.41, 5.74) is 2.79. The molecule has 2 N–H and O–H groups in total. The van der Waals surface area contributed by atoms with Crippen LogP contribution in [-0.4, -0.2) is 19.8 Å². The Morgan fingerprint density at radius 3 is 2.48 bits per heavy atom. The minimum Gasteiger partial charge on any atom is -0.358 e. The number of nitro groups is 1. The van der Waals surface area contributed by atoms with Crippen molar-refractivity contribution in [1.82, 2.24) is 15.1 Å². The second-order valence-corrected chi connectivity index (χ2v) is 5.64. The van der Waals surface area contributed by atoms with Gasteiger partial charge in [-0.2, -0.15) is 5.10 Å². The van der Waals surface area contributed by atoms with Gasteiger partial charge in [0.2, 0.25) is 0 Å². The molecule has 0 amide bonds. The molecule has 2 aromatic carbocycles. The first kappa shape index (κ1) is 16.6. The normalized spacial score (nSPS) is 10.2. The maximum absolute atomic E-state index is 10.6. The Labute approximate surface area is 149 Å². The van der Waals surface area contributed by atoms with Crippen molar-refractivity contribution >= 4 is 28.7 Å². The SMILES string of the molecule is O=[N+]([O-])c1ccc(NC(=S)NCc2ccc(-n3cccn3)cc2)cc1. The maximum Gasteiger partial charge on any atom is 0.269 e. The number of rotatable bonds is 5. The third-order valence-corrected chi connectivity index (χ3v) is 3.74. The molecule has 3 aromatic rings. The maximum atomic E-state index is 10.6. The summed E-state index contributed by atoms with van der Waals surface area (Å²) in [5.74, 6) is 0. The van der Waals surface area contributed by atoms with Gasteiger partial charge in [0.1, 0.15) is 0 Å². The van der Waals surface area contributed by atoms with Crippen molar-refractivity contribution in [2.24, 2.45) is 0 Å². The van der Waals surface area contributed by atoms with E-state index in [0.29, 0.717) is 17.3 Å². The molecule has 0 aliphatic heterocycles. The zero-order chi connectivity index (χ0) is 17.6. The van der Waals surface area contributed by atoms with E-state index in [0.717, 1.165) is 11.3 Å². The van der Waals surface area contributed by atoms with E-state index in [9.17, 15) is 10.1 Å². The van der Waals surface area contributed by atoms with Crippen molar-refractivity contribution in [2.75, 3.05) is 5.32 Å². The lowest BCUT2D eigenvalue weighted by atomic mass is 10.2. The molecule has 3 rings (SSSR count). The Morgan fingerprint density at radius 2 is 1.88 bits per heavy atom. The van der Waals surface area contributed by atoms with Gasteiger partial charge >= 0.3 is 0 Å². The fourth-order valence-electron chi connectivity index (χ4n) is 2.21. The molecule has 0 radical (unpaired) electrons. The summed E-state index contributed by atoms with van der Waals surface area (Å²) in [6, 6.07) is 15.9. The van der Waals surface area contributed by atoms with E-state index in [1.54, 1.807) is 23.0 Å². The number of anilines is 1. The topological polar surface area (TPSA) is 85.0 Å². The van der Waals surface area contributed by atoms with Gasteiger partial charge in [-0.15, -0.1) is 0 Å². The zero-order valence-electron chi connectivity index (χ0n) is 13.1. The number of nitro benzene ring substituents is 1. The van der Waals surface area contributed by atoms with Gasteiger partial charge in [0, 0.05) is 36.8 Å². The lowest BCUT2D eigenvalue weighted by Gasteiger charge is -2.11. The highest BCUT2D eigenvalue weighted by molar-refractivity contribution is 7.80. The van der Waals surface area contributed by atoms with Gasteiger partial charge in [-0.1, -0.05) is 12.1 Å². The van der Waals surface area contributed by atoms with Gasteiger partial charge in [-0.3, -0.25) is 10.1 Å². The van der Waals surface area contributed by atoms with Crippen molar-refractivity contribution in [3.63, 3.8) is 0 Å². The highest BCUT2D eigenvalue weighted by Gasteiger charge is 2.05. The molecule has 0 unspecified atom stereocenters. The van der Waals surface area contributed by atoms with Gasteiger partial charge < -0.3 is 10.6 Å². The standard InChI is InChI=1S/C17H15N5O2S/c23-22(24)16-8-4-14(5-9-16)20-17(25)18-12-13-2-6-15(7-3-13)21-11-1-10-19-21/h1-11H,12H2,(H2,18,20,25). The van der Waals surface area contributed by atoms with E-state index in [-0.39, 0.29) is 5.69 Å². The van der Waals surface area contributed by atoms with Crippen molar-refractivity contribution in [3.8, 4) is 5.69 Å². The average Bonchev–Trinajstić information content (AvgIpc) is 3.15. The number of non-ortho nitro benzene ring substituents is 1. The average molecular weight is 353 g/mol. The Balaban J connectivity index is 1.52. The molecule has 0 bridgehead atoms. The molecule has 8 heteroatoms. The van der Waals surface area contributed by atoms with Crippen LogP contribution in [0.15, 0.2) is 67.0 Å². The number of nitrogens with zero attached hydrogens (tertiary/aromatic N) is 3. The smallest absolute Gasteiger partial charge is 0.269 e. The molecule has 7 nitrogen and oxygen atoms in total. The number of hydrogen-bond donors (Lipinski definition) is 2. The summed E-state index contributed by atoms with van der Waals surface area (Å²) in [7, 11) is 0. The van der Waals surface area contributed by atoms with Crippen LogP contribution in [0.25, 0.3) is 5.69 Å². The fraction of sp³-hybridized carbons (Fsp3) is 0.0588. The highest BCUT2D eigenvalue weighted by Crippen LogP contribution is 2.15. The lowest BCUT2D eigenvalue weighted by Crippen LogP contribution is -2.27. The monoisotopic (exact) mass is 353 g/mol. The molecule has 0 saturated heterocycles. The molecule has 0 aliphatic rings. The number of nitrogens with one attached hydrogen (secondary N) is 2. The summed E-state index contributed by atoms with van der Waals surface area (Å²) in [5, 5.41) is 21.4. The van der Waals surface area contributed by atoms with Crippen LogP contribution >= 0.6 is 12.2 Å². The molecule has 25 heavy (non-hydrogen) atoms. The zero-order valence-corrected chi connectivity index (χ0v) is 13.9. The van der Waals surface area contributed by atoms with Crippen LogP contribution in [0, 0.1) is 10.1 Å². The van der Waals surface area contributed by atoms with E-state index in [2.05, 4.69) is 15.7 Å². The van der Waals surface area contributed by atoms with Crippen LogP contribution in [-0.2, 0) is 6.54 Å². The largest absolute Gasteiger partial charge is 0.358 e. The van der Waals surface area contributed by atoms with Crippen molar-refractivity contribution in [3.05, 3.63) is 82.7 Å². The summed E-state index contributed by atoms with van der Waals surface area (Å²) in [4.78, 5) is 10.2. The third kappa shape index (κ3) is 4.39. The number of thiocarbonyl (C=S) groups is 1. The van der Waals surface area contributed by atoms with Crippen LogP contribution in [0.3, 0.4) is 0 Å². The molecule has 1 aromatic heterocycles. The van der Waals surface area contributed by atoms with Crippen LogP contribution in [0.2, 0.25) is 0 Å². The van der Waals surface area contributed by atoms with Crippen molar-refractivity contribution in [2.45, 2.75) is 6.54 Å². The van der Waals surface area contributed by atoms with Gasteiger partial charge in [0.25, 0.3) is 5.69 Å².